The van der Waals surface area contributed by atoms with Gasteiger partial charge in [-0.15, -0.1) is 12.4 Å². The first-order chi connectivity index (χ1) is 8.86. The molecule has 0 atom stereocenters. The molecule has 20 heavy (non-hydrogen) atoms. The van der Waals surface area contributed by atoms with Gasteiger partial charge in [-0.3, -0.25) is 0 Å². The quantitative estimate of drug-likeness (QED) is 0.772. The van der Waals surface area contributed by atoms with Crippen molar-refractivity contribution in [1.29, 1.82) is 0 Å². The van der Waals surface area contributed by atoms with E-state index >= 15 is 0 Å². The molecule has 0 bridgehead atoms. The fourth-order valence-corrected chi connectivity index (χ4v) is 3.03. The van der Waals surface area contributed by atoms with Gasteiger partial charge in [0.2, 0.25) is 10.0 Å². The van der Waals surface area contributed by atoms with Gasteiger partial charge >= 0.3 is 6.09 Å². The lowest BCUT2D eigenvalue weighted by atomic mass is 10.2. The zero-order valence-corrected chi connectivity index (χ0v) is 13.6. The molecule has 0 aromatic rings. The summed E-state index contributed by atoms with van der Waals surface area (Å²) in [7, 11) is -3.28. The molecule has 1 aliphatic heterocycles. The highest BCUT2D eigenvalue weighted by Gasteiger charge is 2.28. The van der Waals surface area contributed by atoms with E-state index in [4.69, 9.17) is 10.5 Å². The van der Waals surface area contributed by atoms with E-state index in [0.29, 0.717) is 32.8 Å². The Morgan fingerprint density at radius 2 is 1.80 bits per heavy atom. The van der Waals surface area contributed by atoms with E-state index in [-0.39, 0.29) is 36.7 Å². The fourth-order valence-electron chi connectivity index (χ4n) is 1.76. The minimum atomic E-state index is -3.28. The summed E-state index contributed by atoms with van der Waals surface area (Å²) in [6.45, 7) is 5.75. The highest BCUT2D eigenvalue weighted by atomic mass is 35.5. The van der Waals surface area contributed by atoms with E-state index in [1.165, 1.54) is 9.21 Å². The summed E-state index contributed by atoms with van der Waals surface area (Å²) in [6, 6.07) is 0. The SMILES string of the molecule is CC(C)COC(=O)N1CCN(S(=O)(=O)CCN)CC1.Cl. The van der Waals surface area contributed by atoms with Crippen LogP contribution in [0.25, 0.3) is 0 Å². The number of halogens is 1. The maximum atomic E-state index is 11.8. The number of piperazine rings is 1. The minimum absolute atomic E-state index is 0. The molecule has 1 heterocycles. The van der Waals surface area contributed by atoms with Crippen LogP contribution in [0.2, 0.25) is 0 Å². The number of hydrogen-bond donors (Lipinski definition) is 1. The van der Waals surface area contributed by atoms with Gasteiger partial charge < -0.3 is 15.4 Å². The van der Waals surface area contributed by atoms with Gasteiger partial charge in [-0.25, -0.2) is 13.2 Å². The van der Waals surface area contributed by atoms with Crippen molar-refractivity contribution >= 4 is 28.5 Å². The first kappa shape index (κ1) is 19.4. The Kier molecular flexibility index (Phi) is 8.41. The second kappa shape index (κ2) is 8.66. The van der Waals surface area contributed by atoms with Crippen molar-refractivity contribution in [3.8, 4) is 0 Å². The fraction of sp³-hybridized carbons (Fsp3) is 0.909. The van der Waals surface area contributed by atoms with E-state index in [1.54, 1.807) is 0 Å². The third kappa shape index (κ3) is 5.82. The zero-order chi connectivity index (χ0) is 14.5. The predicted octanol–water partition coefficient (Wildman–Crippen LogP) is 0.107. The molecule has 9 heteroatoms. The summed E-state index contributed by atoms with van der Waals surface area (Å²) in [5.41, 5.74) is 5.27. The average molecular weight is 330 g/mol. The van der Waals surface area contributed by atoms with Crippen LogP contribution in [-0.2, 0) is 14.8 Å². The molecule has 0 aromatic heterocycles. The third-order valence-electron chi connectivity index (χ3n) is 2.81. The zero-order valence-electron chi connectivity index (χ0n) is 11.9. The largest absolute Gasteiger partial charge is 0.449 e. The monoisotopic (exact) mass is 329 g/mol. The lowest BCUT2D eigenvalue weighted by Gasteiger charge is -2.33. The lowest BCUT2D eigenvalue weighted by Crippen LogP contribution is -2.51. The van der Waals surface area contributed by atoms with Crippen LogP contribution in [0.1, 0.15) is 13.8 Å². The number of carbonyl (C=O) groups is 1. The van der Waals surface area contributed by atoms with Crippen molar-refractivity contribution in [2.24, 2.45) is 11.7 Å². The molecule has 120 valence electrons. The summed E-state index contributed by atoms with van der Waals surface area (Å²) < 4.78 is 30.1. The molecule has 0 radical (unpaired) electrons. The number of hydrogen-bond acceptors (Lipinski definition) is 5. The molecule has 7 nitrogen and oxygen atoms in total. The summed E-state index contributed by atoms with van der Waals surface area (Å²) in [4.78, 5) is 13.2. The molecule has 0 aromatic carbocycles. The van der Waals surface area contributed by atoms with Crippen LogP contribution < -0.4 is 5.73 Å². The topological polar surface area (TPSA) is 92.9 Å². The Labute approximate surface area is 126 Å². The molecular weight excluding hydrogens is 306 g/mol. The Hall–Kier alpha value is -0.570. The Morgan fingerprint density at radius 3 is 2.25 bits per heavy atom. The van der Waals surface area contributed by atoms with Crippen LogP contribution in [0.4, 0.5) is 4.79 Å². The van der Waals surface area contributed by atoms with Crippen molar-refractivity contribution in [2.45, 2.75) is 13.8 Å². The molecule has 1 aliphatic rings. The Bertz CT molecular complexity index is 394. The smallest absolute Gasteiger partial charge is 0.409 e. The van der Waals surface area contributed by atoms with Crippen LogP contribution in [0.5, 0.6) is 0 Å². The molecule has 1 saturated heterocycles. The van der Waals surface area contributed by atoms with Crippen LogP contribution in [0.15, 0.2) is 0 Å². The van der Waals surface area contributed by atoms with E-state index in [1.807, 2.05) is 13.8 Å². The normalized spacial score (nSPS) is 16.9. The van der Waals surface area contributed by atoms with Gasteiger partial charge in [0.1, 0.15) is 0 Å². The number of ether oxygens (including phenoxy) is 1. The summed E-state index contributed by atoms with van der Waals surface area (Å²) in [6.07, 6.45) is -0.371. The number of nitrogens with two attached hydrogens (primary N) is 1. The molecule has 1 rings (SSSR count). The van der Waals surface area contributed by atoms with Gasteiger partial charge in [0, 0.05) is 32.7 Å². The maximum absolute atomic E-state index is 11.8. The van der Waals surface area contributed by atoms with Gasteiger partial charge in [0.25, 0.3) is 0 Å². The van der Waals surface area contributed by atoms with Crippen molar-refractivity contribution in [2.75, 3.05) is 45.1 Å². The van der Waals surface area contributed by atoms with Crippen LogP contribution in [0.3, 0.4) is 0 Å². The molecule has 1 fully saturated rings. The Balaban J connectivity index is 0.00000361. The van der Waals surface area contributed by atoms with Gasteiger partial charge in [0.15, 0.2) is 0 Å². The summed E-state index contributed by atoms with van der Waals surface area (Å²) in [5, 5.41) is 0. The number of sulfonamides is 1. The standard InChI is InChI=1S/C11H23N3O4S.ClH/c1-10(2)9-18-11(15)13-4-6-14(7-5-13)19(16,17)8-3-12;/h10H,3-9,12H2,1-2H3;1H. The van der Waals surface area contributed by atoms with Crippen LogP contribution in [0, 0.1) is 5.92 Å². The molecule has 0 spiro atoms. The van der Waals surface area contributed by atoms with Crippen LogP contribution in [-0.4, -0.2) is 68.8 Å². The number of rotatable bonds is 5. The van der Waals surface area contributed by atoms with E-state index in [9.17, 15) is 13.2 Å². The van der Waals surface area contributed by atoms with Crippen molar-refractivity contribution in [1.82, 2.24) is 9.21 Å². The van der Waals surface area contributed by atoms with Gasteiger partial charge in [-0.1, -0.05) is 13.8 Å². The maximum Gasteiger partial charge on any atom is 0.409 e. The van der Waals surface area contributed by atoms with Gasteiger partial charge in [0.05, 0.1) is 12.4 Å². The van der Waals surface area contributed by atoms with Crippen molar-refractivity contribution in [3.63, 3.8) is 0 Å². The van der Waals surface area contributed by atoms with E-state index in [2.05, 4.69) is 0 Å². The molecule has 0 saturated carbocycles. The predicted molar refractivity (Wildman–Crippen MR) is 79.4 cm³/mol. The van der Waals surface area contributed by atoms with Gasteiger partial charge in [-0.2, -0.15) is 4.31 Å². The van der Waals surface area contributed by atoms with E-state index in [0.717, 1.165) is 0 Å². The highest BCUT2D eigenvalue weighted by molar-refractivity contribution is 7.89. The average Bonchev–Trinajstić information content (AvgIpc) is 2.36. The second-order valence-electron chi connectivity index (χ2n) is 4.96. The Morgan fingerprint density at radius 1 is 1.25 bits per heavy atom. The molecule has 2 N–H and O–H groups in total. The molecule has 0 aliphatic carbocycles. The van der Waals surface area contributed by atoms with Crippen molar-refractivity contribution < 1.29 is 17.9 Å². The molecular formula is C11H24ClN3O4S. The summed E-state index contributed by atoms with van der Waals surface area (Å²) >= 11 is 0. The van der Waals surface area contributed by atoms with Crippen molar-refractivity contribution in [3.05, 3.63) is 0 Å². The van der Waals surface area contributed by atoms with E-state index < -0.39 is 10.0 Å². The first-order valence-corrected chi connectivity index (χ1v) is 8.07. The first-order valence-electron chi connectivity index (χ1n) is 6.46. The molecule has 0 unspecified atom stereocenters. The highest BCUT2D eigenvalue weighted by Crippen LogP contribution is 2.09. The minimum Gasteiger partial charge on any atom is -0.449 e. The number of carbonyl (C=O) groups excluding carboxylic acids is 1. The summed E-state index contributed by atoms with van der Waals surface area (Å²) in [5.74, 6) is 0.236. The van der Waals surface area contributed by atoms with Crippen LogP contribution >= 0.6 is 12.4 Å². The molecule has 1 amide bonds. The van der Waals surface area contributed by atoms with Gasteiger partial charge in [-0.05, 0) is 5.92 Å². The second-order valence-corrected chi connectivity index (χ2v) is 7.05. The number of nitrogens with zero attached hydrogens (tertiary/aromatic N) is 2. The number of amides is 1. The third-order valence-corrected chi connectivity index (χ3v) is 4.71. The lowest BCUT2D eigenvalue weighted by molar-refractivity contribution is 0.0805.